The first-order valence-electron chi connectivity index (χ1n) is 13.4. The van der Waals surface area contributed by atoms with Crippen LogP contribution in [0.3, 0.4) is 0 Å². The Morgan fingerprint density at radius 2 is 0.750 bits per heavy atom. The van der Waals surface area contributed by atoms with E-state index in [1.54, 1.807) is 24.3 Å². The summed E-state index contributed by atoms with van der Waals surface area (Å²) >= 11 is -5.73. The predicted octanol–water partition coefficient (Wildman–Crippen LogP) is 7.64. The zero-order chi connectivity index (χ0) is 30.8. The molecule has 5 aromatic carbocycles. The zero-order valence-corrected chi connectivity index (χ0v) is 24.3. The van der Waals surface area contributed by atoms with Gasteiger partial charge in [0.15, 0.2) is 0 Å². The van der Waals surface area contributed by atoms with Crippen LogP contribution in [0.15, 0.2) is 121 Å². The Kier molecular flexibility index (Phi) is 7.90. The first-order valence-corrected chi connectivity index (χ1v) is 16.2. The van der Waals surface area contributed by atoms with E-state index in [-0.39, 0.29) is 16.7 Å². The molecule has 0 bridgehead atoms. The third-order valence-corrected chi connectivity index (χ3v) is 11.4. The molecule has 0 saturated carbocycles. The molecular weight excluding hydrogens is 609 g/mol. The van der Waals surface area contributed by atoms with Gasteiger partial charge in [0.2, 0.25) is 0 Å². The fraction of sp³-hybridized carbons (Fsp3) is 0.0294. The molecule has 0 aliphatic heterocycles. The molecule has 1 aliphatic carbocycles. The van der Waals surface area contributed by atoms with Gasteiger partial charge in [-0.3, -0.25) is 0 Å². The third-order valence-electron chi connectivity index (χ3n) is 7.13. The topological polar surface area (TPSA) is 78.9 Å². The van der Waals surface area contributed by atoms with Crippen LogP contribution in [-0.2, 0) is 27.7 Å². The van der Waals surface area contributed by atoms with E-state index >= 15 is 0 Å². The minimum absolute atomic E-state index is 0.0865. The Morgan fingerprint density at radius 3 is 1.07 bits per heavy atom. The van der Waals surface area contributed by atoms with Crippen molar-refractivity contribution in [2.45, 2.75) is 4.22 Å². The first-order chi connectivity index (χ1) is 21.2. The van der Waals surface area contributed by atoms with Gasteiger partial charge in [0, 0.05) is 0 Å². The first kappa shape index (κ1) is 29.1. The van der Waals surface area contributed by atoms with Crippen LogP contribution in [0.4, 0.5) is 13.2 Å². The molecule has 0 unspecified atom stereocenters. The Labute approximate surface area is 254 Å². The van der Waals surface area contributed by atoms with Crippen LogP contribution < -0.4 is 0 Å². The molecule has 0 amide bonds. The summed E-state index contributed by atoms with van der Waals surface area (Å²) in [6, 6.07) is 27.7. The number of hydrogen-bond donors (Lipinski definition) is 0. The van der Waals surface area contributed by atoms with E-state index in [1.807, 2.05) is 24.3 Å². The van der Waals surface area contributed by atoms with Crippen LogP contribution in [0.1, 0.15) is 46.4 Å². The molecule has 0 atom stereocenters. The van der Waals surface area contributed by atoms with E-state index in [2.05, 4.69) is 0 Å². The number of benzene rings is 5. The minimum atomic E-state index is -5.73. The van der Waals surface area contributed by atoms with E-state index in [4.69, 9.17) is 9.96 Å². The van der Waals surface area contributed by atoms with E-state index in [0.29, 0.717) is 11.1 Å². The summed E-state index contributed by atoms with van der Waals surface area (Å²) in [6.45, 7) is 0. The normalized spacial score (nSPS) is 12.2. The van der Waals surface area contributed by atoms with Crippen LogP contribution >= 0.6 is 0 Å². The number of carbonyl (C=O) groups excluding carboxylic acids is 3. The van der Waals surface area contributed by atoms with Crippen LogP contribution in [0.25, 0.3) is 11.1 Å². The van der Waals surface area contributed by atoms with Crippen molar-refractivity contribution in [1.82, 2.24) is 0 Å². The van der Waals surface area contributed by atoms with Gasteiger partial charge in [0.05, 0.1) is 0 Å². The summed E-state index contributed by atoms with van der Waals surface area (Å²) in [6.07, 6.45) is 0. The fourth-order valence-electron chi connectivity index (χ4n) is 5.10. The van der Waals surface area contributed by atoms with Crippen molar-refractivity contribution < 1.29 is 55.3 Å². The SMILES string of the molecule is O=C([O][Ti]([O]C(=O)c1ccc(F)cc1)([O]C(=O)c1ccc(F)cc1)[CH]1c2ccccc2-c2ccccc21)c1ccc(F)cc1. The number of hydrogen-bond acceptors (Lipinski definition) is 6. The summed E-state index contributed by atoms with van der Waals surface area (Å²) in [5.41, 5.74) is 2.40. The molecule has 0 fully saturated rings. The molecule has 0 heterocycles. The van der Waals surface area contributed by atoms with Crippen LogP contribution in [0, 0.1) is 17.5 Å². The van der Waals surface area contributed by atoms with Gasteiger partial charge in [0.1, 0.15) is 0 Å². The second-order valence-corrected chi connectivity index (χ2v) is 13.6. The van der Waals surface area contributed by atoms with Crippen molar-refractivity contribution in [3.8, 4) is 11.1 Å². The maximum atomic E-state index is 13.7. The van der Waals surface area contributed by atoms with Crippen molar-refractivity contribution >= 4 is 17.9 Å². The molecule has 10 heteroatoms. The van der Waals surface area contributed by atoms with Gasteiger partial charge in [-0.15, -0.1) is 0 Å². The van der Waals surface area contributed by atoms with Crippen LogP contribution in [0.5, 0.6) is 0 Å². The van der Waals surface area contributed by atoms with Gasteiger partial charge >= 0.3 is 255 Å². The third kappa shape index (κ3) is 5.67. The molecular formula is C34H21F3O6Ti. The predicted molar refractivity (Wildman–Crippen MR) is 149 cm³/mol. The van der Waals surface area contributed by atoms with Gasteiger partial charge in [-0.05, 0) is 0 Å². The van der Waals surface area contributed by atoms with Gasteiger partial charge in [-0.1, -0.05) is 0 Å². The molecule has 0 aromatic heterocycles. The van der Waals surface area contributed by atoms with Gasteiger partial charge in [0.25, 0.3) is 0 Å². The summed E-state index contributed by atoms with van der Waals surface area (Å²) < 4.78 is 58.4. The van der Waals surface area contributed by atoms with Gasteiger partial charge < -0.3 is 0 Å². The van der Waals surface area contributed by atoms with E-state index in [9.17, 15) is 27.6 Å². The van der Waals surface area contributed by atoms with Crippen molar-refractivity contribution in [2.75, 3.05) is 0 Å². The van der Waals surface area contributed by atoms with E-state index in [1.165, 1.54) is 36.4 Å². The molecule has 0 saturated heterocycles. The Balaban J connectivity index is 1.55. The quantitative estimate of drug-likeness (QED) is 0.172. The molecule has 5 aromatic rings. The van der Waals surface area contributed by atoms with Crippen molar-refractivity contribution in [1.29, 1.82) is 0 Å². The van der Waals surface area contributed by atoms with Crippen molar-refractivity contribution in [2.24, 2.45) is 0 Å². The molecule has 6 rings (SSSR count). The summed E-state index contributed by atoms with van der Waals surface area (Å²) in [4.78, 5) is 41.1. The molecule has 1 aliphatic rings. The van der Waals surface area contributed by atoms with Gasteiger partial charge in [-0.2, -0.15) is 0 Å². The molecule has 6 nitrogen and oxygen atoms in total. The summed E-state index contributed by atoms with van der Waals surface area (Å²) in [5, 5.41) is 0. The molecule has 0 radical (unpaired) electrons. The van der Waals surface area contributed by atoms with Gasteiger partial charge in [-0.25, -0.2) is 0 Å². The Hall–Kier alpha value is -4.99. The maximum absolute atomic E-state index is 13.7. The molecule has 0 spiro atoms. The van der Waals surface area contributed by atoms with Crippen molar-refractivity contribution in [3.05, 3.63) is 167 Å². The molecule has 218 valence electrons. The standard InChI is InChI=1S/C13H9.3C7H5FO2.Ti/c1-3-7-12-10(5-1)9-11-6-2-4-8-13(11)12;3*8-6-3-1-5(2-4-6)7(9)10;/h1-9H;3*1-4H,(H,9,10);/q;;;;+3/p-3. The van der Waals surface area contributed by atoms with E-state index < -0.39 is 57.3 Å². The Bertz CT molecular complexity index is 1690. The zero-order valence-electron chi connectivity index (χ0n) is 22.7. The fourth-order valence-corrected chi connectivity index (χ4v) is 9.58. The number of rotatable bonds is 7. The second kappa shape index (κ2) is 12.0. The molecule has 44 heavy (non-hydrogen) atoms. The number of halogens is 3. The second-order valence-electron chi connectivity index (χ2n) is 9.90. The van der Waals surface area contributed by atoms with E-state index in [0.717, 1.165) is 47.5 Å². The average Bonchev–Trinajstić information content (AvgIpc) is 3.37. The van der Waals surface area contributed by atoms with Crippen LogP contribution in [-0.4, -0.2) is 17.9 Å². The summed E-state index contributed by atoms with van der Waals surface area (Å²) in [5.74, 6) is -4.86. The summed E-state index contributed by atoms with van der Waals surface area (Å²) in [7, 11) is 0. The monoisotopic (exact) mass is 630 g/mol. The van der Waals surface area contributed by atoms with Crippen molar-refractivity contribution in [3.63, 3.8) is 0 Å². The Morgan fingerprint density at radius 1 is 0.455 bits per heavy atom. The van der Waals surface area contributed by atoms with Crippen LogP contribution in [0.2, 0.25) is 0 Å². The number of fused-ring (bicyclic) bond motifs is 3. The number of carbonyl (C=O) groups is 3. The average molecular weight is 630 g/mol. The molecule has 0 N–H and O–H groups in total.